The lowest BCUT2D eigenvalue weighted by Gasteiger charge is -2.24. The molecule has 12 heteroatoms. The molecule has 0 radical (unpaired) electrons. The summed E-state index contributed by atoms with van der Waals surface area (Å²) in [5, 5.41) is 23.2. The number of thiazole rings is 1. The number of para-hydroxylation sites is 2. The maximum atomic E-state index is 13.6. The first kappa shape index (κ1) is 23.7. The predicted octanol–water partition coefficient (Wildman–Crippen LogP) is 2.61. The summed E-state index contributed by atoms with van der Waals surface area (Å²) in [6.45, 7) is 3.24. The van der Waals surface area contributed by atoms with Crippen LogP contribution in [0.4, 0.5) is 11.4 Å². The smallest absolute Gasteiger partial charge is 0.338 e. The molecule has 4 rings (SSSR count). The SMILES string of the molecule is CCOC(=O)C1=C(C)N=c2sc(=Cc3ccccc3[N+](=O)[O-])c(=O)n2C1c1ccccc1[N+](=O)[O-]. The van der Waals surface area contributed by atoms with E-state index >= 15 is 0 Å². The molecule has 178 valence electrons. The number of aromatic nitrogens is 1. The van der Waals surface area contributed by atoms with Gasteiger partial charge in [0.05, 0.1) is 43.4 Å². The van der Waals surface area contributed by atoms with Crippen LogP contribution in [0.2, 0.25) is 0 Å². The van der Waals surface area contributed by atoms with Gasteiger partial charge >= 0.3 is 5.97 Å². The molecule has 0 aliphatic carbocycles. The third-order valence-corrected chi connectivity index (χ3v) is 6.35. The van der Waals surface area contributed by atoms with Crippen LogP contribution >= 0.6 is 11.3 Å². The molecular formula is C23H18N4O7S. The number of carbonyl (C=O) groups excluding carboxylic acids is 1. The molecule has 0 bridgehead atoms. The van der Waals surface area contributed by atoms with Crippen LogP contribution in [0.5, 0.6) is 0 Å². The number of allylic oxidation sites excluding steroid dienone is 1. The molecule has 1 aliphatic rings. The number of hydrogen-bond acceptors (Lipinski definition) is 9. The first-order valence-corrected chi connectivity index (χ1v) is 11.2. The zero-order chi connectivity index (χ0) is 25.3. The van der Waals surface area contributed by atoms with E-state index in [-0.39, 0.29) is 49.7 Å². The van der Waals surface area contributed by atoms with E-state index in [1.165, 1.54) is 47.0 Å². The van der Waals surface area contributed by atoms with Gasteiger partial charge in [0.15, 0.2) is 4.80 Å². The number of benzene rings is 2. The maximum absolute atomic E-state index is 13.6. The summed E-state index contributed by atoms with van der Waals surface area (Å²) in [5.41, 5.74) is -0.459. The minimum Gasteiger partial charge on any atom is -0.463 e. The second-order valence-electron chi connectivity index (χ2n) is 7.43. The monoisotopic (exact) mass is 494 g/mol. The largest absolute Gasteiger partial charge is 0.463 e. The Morgan fingerprint density at radius 1 is 1.11 bits per heavy atom. The van der Waals surface area contributed by atoms with Crippen LogP contribution in [0.1, 0.15) is 31.0 Å². The van der Waals surface area contributed by atoms with Gasteiger partial charge in [-0.3, -0.25) is 29.6 Å². The number of rotatable bonds is 6. The van der Waals surface area contributed by atoms with Gasteiger partial charge in [0.2, 0.25) is 0 Å². The van der Waals surface area contributed by atoms with E-state index in [1.54, 1.807) is 26.0 Å². The van der Waals surface area contributed by atoms with Crippen LogP contribution in [0.25, 0.3) is 6.08 Å². The number of nitro benzene ring substituents is 2. The Kier molecular flexibility index (Phi) is 6.38. The number of carbonyl (C=O) groups is 1. The summed E-state index contributed by atoms with van der Waals surface area (Å²) < 4.78 is 6.51. The average Bonchev–Trinajstić information content (AvgIpc) is 3.12. The lowest BCUT2D eigenvalue weighted by atomic mass is 9.94. The highest BCUT2D eigenvalue weighted by molar-refractivity contribution is 7.07. The fourth-order valence-corrected chi connectivity index (χ4v) is 4.93. The quantitative estimate of drug-likeness (QED) is 0.291. The molecule has 0 saturated heterocycles. The molecule has 2 aromatic carbocycles. The highest BCUT2D eigenvalue weighted by Gasteiger charge is 2.36. The molecule has 2 heterocycles. The molecule has 1 aromatic heterocycles. The predicted molar refractivity (Wildman–Crippen MR) is 127 cm³/mol. The highest BCUT2D eigenvalue weighted by atomic mass is 32.1. The highest BCUT2D eigenvalue weighted by Crippen LogP contribution is 2.35. The van der Waals surface area contributed by atoms with E-state index in [4.69, 9.17) is 4.74 Å². The van der Waals surface area contributed by atoms with Gasteiger partial charge in [-0.05, 0) is 32.1 Å². The molecule has 1 unspecified atom stereocenters. The summed E-state index contributed by atoms with van der Waals surface area (Å²) >= 11 is 0.970. The topological polar surface area (TPSA) is 147 Å². The number of hydrogen-bond donors (Lipinski definition) is 0. The molecule has 1 atom stereocenters. The average molecular weight is 494 g/mol. The van der Waals surface area contributed by atoms with Crippen LogP contribution in [-0.4, -0.2) is 27.0 Å². The van der Waals surface area contributed by atoms with Crippen molar-refractivity contribution in [1.29, 1.82) is 0 Å². The van der Waals surface area contributed by atoms with Crippen molar-refractivity contribution in [3.63, 3.8) is 0 Å². The number of fused-ring (bicyclic) bond motifs is 1. The van der Waals surface area contributed by atoms with Gasteiger partial charge in [-0.1, -0.05) is 35.6 Å². The second kappa shape index (κ2) is 9.43. The fraction of sp³-hybridized carbons (Fsp3) is 0.174. The van der Waals surface area contributed by atoms with Gasteiger partial charge < -0.3 is 4.74 Å². The van der Waals surface area contributed by atoms with Gasteiger partial charge in [0.25, 0.3) is 16.9 Å². The third kappa shape index (κ3) is 4.26. The summed E-state index contributed by atoms with van der Waals surface area (Å²) in [6.07, 6.45) is 1.38. The van der Waals surface area contributed by atoms with E-state index in [0.29, 0.717) is 0 Å². The Morgan fingerprint density at radius 2 is 1.74 bits per heavy atom. The van der Waals surface area contributed by atoms with Crippen LogP contribution in [-0.2, 0) is 9.53 Å². The first-order chi connectivity index (χ1) is 16.7. The number of nitrogens with zero attached hydrogens (tertiary/aromatic N) is 4. The molecule has 11 nitrogen and oxygen atoms in total. The van der Waals surface area contributed by atoms with E-state index in [9.17, 15) is 29.8 Å². The summed E-state index contributed by atoms with van der Waals surface area (Å²) in [6, 6.07) is 10.6. The molecule has 0 amide bonds. The lowest BCUT2D eigenvalue weighted by molar-refractivity contribution is -0.385. The summed E-state index contributed by atoms with van der Waals surface area (Å²) in [4.78, 5) is 53.1. The van der Waals surface area contributed by atoms with Crippen LogP contribution in [0, 0.1) is 20.2 Å². The Bertz CT molecular complexity index is 1590. The summed E-state index contributed by atoms with van der Waals surface area (Å²) in [5.74, 6) is -0.745. The molecular weight excluding hydrogens is 476 g/mol. The molecule has 1 aliphatic heterocycles. The Hall–Kier alpha value is -4.45. The Labute approximate surface area is 201 Å². The van der Waals surface area contributed by atoms with Crippen molar-refractivity contribution in [2.24, 2.45) is 4.99 Å². The minimum atomic E-state index is -1.17. The number of esters is 1. The third-order valence-electron chi connectivity index (χ3n) is 5.37. The van der Waals surface area contributed by atoms with Crippen LogP contribution in [0.15, 0.2) is 69.6 Å². The molecule has 0 fully saturated rings. The van der Waals surface area contributed by atoms with E-state index < -0.39 is 27.4 Å². The molecule has 3 aromatic rings. The van der Waals surface area contributed by atoms with E-state index in [1.807, 2.05) is 0 Å². The van der Waals surface area contributed by atoms with Crippen molar-refractivity contribution in [2.75, 3.05) is 6.61 Å². The van der Waals surface area contributed by atoms with Crippen LogP contribution in [0.3, 0.4) is 0 Å². The molecule has 0 N–H and O–H groups in total. The zero-order valence-electron chi connectivity index (χ0n) is 18.5. The van der Waals surface area contributed by atoms with Crippen molar-refractivity contribution in [3.05, 3.63) is 111 Å². The maximum Gasteiger partial charge on any atom is 0.338 e. The van der Waals surface area contributed by atoms with Crippen molar-refractivity contribution in [1.82, 2.24) is 4.57 Å². The molecule has 0 saturated carbocycles. The number of ether oxygens (including phenoxy) is 1. The van der Waals surface area contributed by atoms with Crippen molar-refractivity contribution in [2.45, 2.75) is 19.9 Å². The van der Waals surface area contributed by atoms with E-state index in [2.05, 4.69) is 4.99 Å². The molecule has 0 spiro atoms. The minimum absolute atomic E-state index is 0.00536. The lowest BCUT2D eigenvalue weighted by Crippen LogP contribution is -2.40. The van der Waals surface area contributed by atoms with Gasteiger partial charge in [-0.25, -0.2) is 9.79 Å². The Balaban J connectivity index is 2.04. The van der Waals surface area contributed by atoms with Gasteiger partial charge in [-0.2, -0.15) is 0 Å². The van der Waals surface area contributed by atoms with Crippen molar-refractivity contribution < 1.29 is 19.4 Å². The van der Waals surface area contributed by atoms with Crippen molar-refractivity contribution in [3.8, 4) is 0 Å². The van der Waals surface area contributed by atoms with Gasteiger partial charge in [0.1, 0.15) is 6.04 Å². The molecule has 35 heavy (non-hydrogen) atoms. The number of nitro groups is 2. The van der Waals surface area contributed by atoms with E-state index in [0.717, 1.165) is 11.3 Å². The first-order valence-electron chi connectivity index (χ1n) is 10.4. The second-order valence-corrected chi connectivity index (χ2v) is 8.44. The fourth-order valence-electron chi connectivity index (χ4n) is 3.89. The van der Waals surface area contributed by atoms with Crippen LogP contribution < -0.4 is 14.9 Å². The van der Waals surface area contributed by atoms with Crippen molar-refractivity contribution >= 4 is 34.8 Å². The zero-order valence-corrected chi connectivity index (χ0v) is 19.4. The standard InChI is InChI=1S/C23H18N4O7S/c1-3-34-22(29)19-13(2)24-23-25(20(19)15-9-5-7-11-17(15)27(32)33)21(28)18(35-23)12-14-8-4-6-10-16(14)26(30)31/h4-12,20H,3H2,1-2H3. The normalized spacial score (nSPS) is 15.4. The van der Waals surface area contributed by atoms with Gasteiger partial charge in [-0.15, -0.1) is 0 Å². The van der Waals surface area contributed by atoms with Gasteiger partial charge in [0, 0.05) is 12.1 Å². The Morgan fingerprint density at radius 3 is 2.40 bits per heavy atom. The summed E-state index contributed by atoms with van der Waals surface area (Å²) in [7, 11) is 0.